The fourth-order valence-electron chi connectivity index (χ4n) is 1.43. The van der Waals surface area contributed by atoms with Gasteiger partial charge in [0.05, 0.1) is 11.8 Å². The Labute approximate surface area is 98.1 Å². The smallest absolute Gasteiger partial charge is 0.258 e. The number of carbonyl (C=O) groups excluding carboxylic acids is 2. The van der Waals surface area contributed by atoms with Gasteiger partial charge in [0.1, 0.15) is 6.29 Å². The fourth-order valence-corrected chi connectivity index (χ4v) is 1.43. The summed E-state index contributed by atoms with van der Waals surface area (Å²) in [5.74, 6) is -0.249. The van der Waals surface area contributed by atoms with Crippen LogP contribution in [-0.4, -0.2) is 22.0 Å². The average molecular weight is 229 g/mol. The summed E-state index contributed by atoms with van der Waals surface area (Å²) >= 11 is 0. The number of rotatable bonds is 3. The summed E-state index contributed by atoms with van der Waals surface area (Å²) in [4.78, 5) is 22.4. The Morgan fingerprint density at radius 2 is 2.29 bits per heavy atom. The molecule has 0 saturated heterocycles. The first-order chi connectivity index (χ1) is 8.19. The van der Waals surface area contributed by atoms with Crippen molar-refractivity contribution in [2.45, 2.75) is 0 Å². The molecule has 0 saturated carbocycles. The van der Waals surface area contributed by atoms with Gasteiger partial charge in [-0.1, -0.05) is 12.1 Å². The van der Waals surface area contributed by atoms with Crippen molar-refractivity contribution < 1.29 is 9.59 Å². The Hall–Kier alpha value is -2.43. The summed E-state index contributed by atoms with van der Waals surface area (Å²) < 4.78 is 1.55. The van der Waals surface area contributed by atoms with Crippen molar-refractivity contribution in [2.24, 2.45) is 7.05 Å². The second kappa shape index (κ2) is 4.61. The normalized spacial score (nSPS) is 9.94. The molecule has 2 rings (SSSR count). The van der Waals surface area contributed by atoms with Crippen molar-refractivity contribution in [1.29, 1.82) is 0 Å². The lowest BCUT2D eigenvalue weighted by Gasteiger charge is -2.03. The van der Waals surface area contributed by atoms with E-state index in [4.69, 9.17) is 0 Å². The number of benzene rings is 1. The summed E-state index contributed by atoms with van der Waals surface area (Å²) in [6.45, 7) is 0. The Bertz CT molecular complexity index is 560. The molecule has 1 aromatic carbocycles. The van der Waals surface area contributed by atoms with Crippen LogP contribution in [0.4, 0.5) is 5.69 Å². The van der Waals surface area contributed by atoms with Gasteiger partial charge in [0.2, 0.25) is 0 Å². The molecule has 1 aromatic heterocycles. The SMILES string of the molecule is Cn1cc(C(=O)Nc2cccc(C=O)c2)cn1. The van der Waals surface area contributed by atoms with Crippen LogP contribution in [0.5, 0.6) is 0 Å². The molecule has 1 N–H and O–H groups in total. The third-order valence-electron chi connectivity index (χ3n) is 2.25. The van der Waals surface area contributed by atoms with Gasteiger partial charge in [-0.2, -0.15) is 5.10 Å². The summed E-state index contributed by atoms with van der Waals surface area (Å²) in [5, 5.41) is 6.61. The van der Waals surface area contributed by atoms with Crippen LogP contribution in [-0.2, 0) is 7.05 Å². The van der Waals surface area contributed by atoms with Crippen molar-refractivity contribution in [3.05, 3.63) is 47.8 Å². The van der Waals surface area contributed by atoms with Crippen LogP contribution in [0, 0.1) is 0 Å². The van der Waals surface area contributed by atoms with E-state index in [0.29, 0.717) is 16.8 Å². The van der Waals surface area contributed by atoms with Gasteiger partial charge in [0.15, 0.2) is 0 Å². The molecular formula is C12H11N3O2. The number of hydrogen-bond acceptors (Lipinski definition) is 3. The number of aromatic nitrogens is 2. The van der Waals surface area contributed by atoms with Crippen molar-refractivity contribution in [2.75, 3.05) is 5.32 Å². The van der Waals surface area contributed by atoms with Gasteiger partial charge in [0, 0.05) is 24.5 Å². The molecule has 1 heterocycles. The number of hydrogen-bond donors (Lipinski definition) is 1. The molecule has 0 aliphatic carbocycles. The standard InChI is InChI=1S/C12H11N3O2/c1-15-7-10(6-13-15)12(17)14-11-4-2-3-9(5-11)8-16/h2-8H,1H3,(H,14,17). The van der Waals surface area contributed by atoms with Crippen LogP contribution in [0.3, 0.4) is 0 Å². The number of aryl methyl sites for hydroxylation is 1. The summed E-state index contributed by atoms with van der Waals surface area (Å²) in [6.07, 6.45) is 3.84. The topological polar surface area (TPSA) is 64.0 Å². The minimum absolute atomic E-state index is 0.249. The Balaban J connectivity index is 2.15. The van der Waals surface area contributed by atoms with E-state index in [9.17, 15) is 9.59 Å². The predicted molar refractivity (Wildman–Crippen MR) is 63.0 cm³/mol. The quantitative estimate of drug-likeness (QED) is 0.811. The Kier molecular flexibility index (Phi) is 3.00. The monoisotopic (exact) mass is 229 g/mol. The number of aldehydes is 1. The Morgan fingerprint density at radius 1 is 1.47 bits per heavy atom. The van der Waals surface area contributed by atoms with Gasteiger partial charge in [-0.05, 0) is 12.1 Å². The zero-order valence-electron chi connectivity index (χ0n) is 9.25. The van der Waals surface area contributed by atoms with Crippen molar-refractivity contribution in [3.63, 3.8) is 0 Å². The van der Waals surface area contributed by atoms with E-state index in [1.54, 1.807) is 42.2 Å². The van der Waals surface area contributed by atoms with Gasteiger partial charge in [-0.3, -0.25) is 14.3 Å². The largest absolute Gasteiger partial charge is 0.322 e. The van der Waals surface area contributed by atoms with Crippen LogP contribution in [0.15, 0.2) is 36.7 Å². The molecule has 0 unspecified atom stereocenters. The average Bonchev–Trinajstić information content (AvgIpc) is 2.76. The Morgan fingerprint density at radius 3 is 2.94 bits per heavy atom. The second-order valence-corrected chi connectivity index (χ2v) is 3.60. The molecule has 0 spiro atoms. The van der Waals surface area contributed by atoms with Crippen molar-refractivity contribution in [1.82, 2.24) is 9.78 Å². The fraction of sp³-hybridized carbons (Fsp3) is 0.0833. The van der Waals surface area contributed by atoms with Gasteiger partial charge in [-0.25, -0.2) is 0 Å². The number of nitrogens with zero attached hydrogens (tertiary/aromatic N) is 2. The molecule has 0 fully saturated rings. The third kappa shape index (κ3) is 2.57. The molecule has 0 aliphatic rings. The molecule has 5 heteroatoms. The molecule has 0 bridgehead atoms. The highest BCUT2D eigenvalue weighted by Gasteiger charge is 2.07. The van der Waals surface area contributed by atoms with Crippen LogP contribution in [0.25, 0.3) is 0 Å². The lowest BCUT2D eigenvalue weighted by atomic mass is 10.2. The highest BCUT2D eigenvalue weighted by atomic mass is 16.1. The summed E-state index contributed by atoms with van der Waals surface area (Å²) in [7, 11) is 1.74. The van der Waals surface area contributed by atoms with E-state index in [-0.39, 0.29) is 5.91 Å². The maximum atomic E-state index is 11.8. The van der Waals surface area contributed by atoms with E-state index >= 15 is 0 Å². The number of nitrogens with one attached hydrogen (secondary N) is 1. The van der Waals surface area contributed by atoms with E-state index in [1.807, 2.05) is 0 Å². The third-order valence-corrected chi connectivity index (χ3v) is 2.25. The van der Waals surface area contributed by atoms with Crippen molar-refractivity contribution in [3.8, 4) is 0 Å². The second-order valence-electron chi connectivity index (χ2n) is 3.60. The first-order valence-corrected chi connectivity index (χ1v) is 5.04. The number of amides is 1. The molecule has 5 nitrogen and oxygen atoms in total. The van der Waals surface area contributed by atoms with E-state index < -0.39 is 0 Å². The lowest BCUT2D eigenvalue weighted by molar-refractivity contribution is 0.102. The molecule has 0 aliphatic heterocycles. The first kappa shape index (κ1) is 11.1. The highest BCUT2D eigenvalue weighted by molar-refractivity contribution is 6.04. The lowest BCUT2D eigenvalue weighted by Crippen LogP contribution is -2.11. The molecule has 0 radical (unpaired) electrons. The zero-order valence-corrected chi connectivity index (χ0v) is 9.25. The minimum atomic E-state index is -0.249. The molecule has 1 amide bonds. The van der Waals surface area contributed by atoms with E-state index in [0.717, 1.165) is 6.29 Å². The van der Waals surface area contributed by atoms with E-state index in [2.05, 4.69) is 10.4 Å². The summed E-state index contributed by atoms with van der Waals surface area (Å²) in [6, 6.07) is 6.72. The molecule has 86 valence electrons. The minimum Gasteiger partial charge on any atom is -0.322 e. The van der Waals surface area contributed by atoms with Gasteiger partial charge in [-0.15, -0.1) is 0 Å². The molecule has 2 aromatic rings. The zero-order chi connectivity index (χ0) is 12.3. The van der Waals surface area contributed by atoms with Gasteiger partial charge >= 0.3 is 0 Å². The molecule has 17 heavy (non-hydrogen) atoms. The summed E-state index contributed by atoms with van der Waals surface area (Å²) in [5.41, 5.74) is 1.58. The first-order valence-electron chi connectivity index (χ1n) is 5.04. The van der Waals surface area contributed by atoms with Gasteiger partial charge < -0.3 is 5.32 Å². The molecular weight excluding hydrogens is 218 g/mol. The number of carbonyl (C=O) groups is 2. The number of anilines is 1. The predicted octanol–water partition coefficient (Wildman–Crippen LogP) is 1.48. The van der Waals surface area contributed by atoms with Crippen LogP contribution < -0.4 is 5.32 Å². The maximum Gasteiger partial charge on any atom is 0.258 e. The highest BCUT2D eigenvalue weighted by Crippen LogP contribution is 2.10. The van der Waals surface area contributed by atoms with Crippen LogP contribution in [0.1, 0.15) is 20.7 Å². The van der Waals surface area contributed by atoms with Crippen LogP contribution in [0.2, 0.25) is 0 Å². The molecule has 0 atom stereocenters. The maximum absolute atomic E-state index is 11.8. The van der Waals surface area contributed by atoms with Crippen LogP contribution >= 0.6 is 0 Å². The van der Waals surface area contributed by atoms with Crippen molar-refractivity contribution >= 4 is 17.9 Å². The van der Waals surface area contributed by atoms with E-state index in [1.165, 1.54) is 6.20 Å². The van der Waals surface area contributed by atoms with Gasteiger partial charge in [0.25, 0.3) is 5.91 Å².